The van der Waals surface area contributed by atoms with Gasteiger partial charge in [-0.05, 0) is 23.7 Å². The number of benzene rings is 1. The van der Waals surface area contributed by atoms with Crippen molar-refractivity contribution in [2.45, 2.75) is 0 Å². The summed E-state index contributed by atoms with van der Waals surface area (Å²) < 4.78 is 4.87. The van der Waals surface area contributed by atoms with Gasteiger partial charge in [0.05, 0.1) is 18.7 Å². The van der Waals surface area contributed by atoms with E-state index < -0.39 is 7.12 Å². The highest BCUT2D eigenvalue weighted by molar-refractivity contribution is 6.58. The highest BCUT2D eigenvalue weighted by Crippen LogP contribution is 2.10. The molecule has 0 heterocycles. The van der Waals surface area contributed by atoms with Gasteiger partial charge in [0.2, 0.25) is 0 Å². The van der Waals surface area contributed by atoms with Crippen LogP contribution in [0.15, 0.2) is 18.2 Å². The van der Waals surface area contributed by atoms with E-state index >= 15 is 0 Å². The molecule has 0 spiro atoms. The zero-order valence-corrected chi connectivity index (χ0v) is 7.06. The lowest BCUT2D eigenvalue weighted by Crippen LogP contribution is -2.30. The third-order valence-corrected chi connectivity index (χ3v) is 1.59. The number of methoxy groups -OCH3 is 1. The molecule has 0 bridgehead atoms. The average Bonchev–Trinajstić information content (AvgIpc) is 2.16. The van der Waals surface area contributed by atoms with Crippen LogP contribution in [-0.2, 0) is 0 Å². The standard InChI is InChI=1S/C8H8BNO3/c1-13-8-3-6(5-10)2-7(4-8)9(11)12/h2-4,11-12H,1H3. The van der Waals surface area contributed by atoms with E-state index in [9.17, 15) is 0 Å². The van der Waals surface area contributed by atoms with Crippen molar-refractivity contribution < 1.29 is 14.8 Å². The van der Waals surface area contributed by atoms with Gasteiger partial charge in [-0.25, -0.2) is 0 Å². The van der Waals surface area contributed by atoms with E-state index in [4.69, 9.17) is 20.0 Å². The molecule has 4 nitrogen and oxygen atoms in total. The Bertz CT molecular complexity index is 346. The van der Waals surface area contributed by atoms with Crippen LogP contribution in [-0.4, -0.2) is 24.3 Å². The van der Waals surface area contributed by atoms with E-state index in [-0.39, 0.29) is 5.46 Å². The predicted octanol–water partition coefficient (Wildman–Crippen LogP) is -0.753. The number of nitrogens with zero attached hydrogens (tertiary/aromatic N) is 1. The number of ether oxygens (including phenoxy) is 1. The van der Waals surface area contributed by atoms with Crippen molar-refractivity contribution in [1.82, 2.24) is 0 Å². The Morgan fingerprint density at radius 3 is 2.54 bits per heavy atom. The molecular formula is C8H8BNO3. The summed E-state index contributed by atoms with van der Waals surface area (Å²) in [5.41, 5.74) is 0.582. The Hall–Kier alpha value is -1.51. The lowest BCUT2D eigenvalue weighted by atomic mass is 9.79. The molecular weight excluding hydrogens is 169 g/mol. The maximum absolute atomic E-state index is 8.85. The summed E-state index contributed by atoms with van der Waals surface area (Å²) in [5, 5.41) is 26.3. The first kappa shape index (κ1) is 9.58. The Kier molecular flexibility index (Phi) is 2.90. The van der Waals surface area contributed by atoms with Crippen molar-refractivity contribution in [3.8, 4) is 11.8 Å². The SMILES string of the molecule is COc1cc(C#N)cc(B(O)O)c1. The molecule has 13 heavy (non-hydrogen) atoms. The normalized spacial score (nSPS) is 9.08. The van der Waals surface area contributed by atoms with E-state index in [0.717, 1.165) is 0 Å². The quantitative estimate of drug-likeness (QED) is 0.582. The number of hydrogen-bond acceptors (Lipinski definition) is 4. The first-order valence-electron chi connectivity index (χ1n) is 3.62. The van der Waals surface area contributed by atoms with Gasteiger partial charge in [0.25, 0.3) is 0 Å². The zero-order chi connectivity index (χ0) is 9.84. The second-order valence-electron chi connectivity index (χ2n) is 2.48. The van der Waals surface area contributed by atoms with Crippen LogP contribution in [0.3, 0.4) is 0 Å². The molecule has 66 valence electrons. The number of hydrogen-bond donors (Lipinski definition) is 2. The predicted molar refractivity (Wildman–Crippen MR) is 47.5 cm³/mol. The van der Waals surface area contributed by atoms with Gasteiger partial charge in [0.15, 0.2) is 0 Å². The lowest BCUT2D eigenvalue weighted by Gasteiger charge is -2.04. The topological polar surface area (TPSA) is 73.5 Å². The van der Waals surface area contributed by atoms with Gasteiger partial charge in [-0.3, -0.25) is 0 Å². The molecule has 0 fully saturated rings. The summed E-state index contributed by atoms with van der Waals surface area (Å²) in [6.07, 6.45) is 0. The smallest absolute Gasteiger partial charge is 0.488 e. The zero-order valence-electron chi connectivity index (χ0n) is 7.06. The summed E-state index contributed by atoms with van der Waals surface area (Å²) >= 11 is 0. The summed E-state index contributed by atoms with van der Waals surface area (Å²) in [6, 6.07) is 6.27. The molecule has 0 aliphatic heterocycles. The van der Waals surface area contributed by atoms with Crippen molar-refractivity contribution in [2.75, 3.05) is 7.11 Å². The summed E-state index contributed by atoms with van der Waals surface area (Å²) in [6.45, 7) is 0. The molecule has 0 unspecified atom stereocenters. The molecule has 5 heteroatoms. The van der Waals surface area contributed by atoms with Crippen molar-refractivity contribution in [3.63, 3.8) is 0 Å². The third-order valence-electron chi connectivity index (χ3n) is 1.59. The van der Waals surface area contributed by atoms with Gasteiger partial charge < -0.3 is 14.8 Å². The van der Waals surface area contributed by atoms with Crippen LogP contribution in [0.5, 0.6) is 5.75 Å². The highest BCUT2D eigenvalue weighted by atomic mass is 16.5. The fraction of sp³-hybridized carbons (Fsp3) is 0.125. The molecule has 0 aromatic heterocycles. The van der Waals surface area contributed by atoms with E-state index in [1.165, 1.54) is 25.3 Å². The molecule has 0 amide bonds. The Labute approximate surface area is 76.1 Å². The lowest BCUT2D eigenvalue weighted by molar-refractivity contribution is 0.412. The molecule has 2 N–H and O–H groups in total. The Morgan fingerprint density at radius 1 is 1.38 bits per heavy atom. The van der Waals surface area contributed by atoms with Crippen molar-refractivity contribution in [1.29, 1.82) is 5.26 Å². The van der Waals surface area contributed by atoms with Crippen molar-refractivity contribution in [2.24, 2.45) is 0 Å². The minimum Gasteiger partial charge on any atom is -0.497 e. The van der Waals surface area contributed by atoms with Crippen LogP contribution in [0, 0.1) is 11.3 Å². The summed E-state index contributed by atoms with van der Waals surface area (Å²) in [5.74, 6) is 0.433. The second-order valence-corrected chi connectivity index (χ2v) is 2.48. The highest BCUT2D eigenvalue weighted by Gasteiger charge is 2.12. The van der Waals surface area contributed by atoms with Gasteiger partial charge in [0, 0.05) is 0 Å². The van der Waals surface area contributed by atoms with E-state index in [2.05, 4.69) is 0 Å². The van der Waals surface area contributed by atoms with Gasteiger partial charge in [0.1, 0.15) is 5.75 Å². The van der Waals surface area contributed by atoms with Crippen LogP contribution in [0.25, 0.3) is 0 Å². The van der Waals surface area contributed by atoms with E-state index in [0.29, 0.717) is 11.3 Å². The minimum absolute atomic E-state index is 0.246. The number of rotatable bonds is 2. The molecule has 0 aliphatic rings. The van der Waals surface area contributed by atoms with Gasteiger partial charge >= 0.3 is 7.12 Å². The summed E-state index contributed by atoms with van der Waals surface area (Å²) in [7, 11) is -0.133. The van der Waals surface area contributed by atoms with E-state index in [1.54, 1.807) is 0 Å². The second kappa shape index (κ2) is 3.94. The molecule has 1 aromatic rings. The van der Waals surface area contributed by atoms with Crippen LogP contribution < -0.4 is 10.2 Å². The maximum atomic E-state index is 8.85. The van der Waals surface area contributed by atoms with Gasteiger partial charge in [-0.1, -0.05) is 0 Å². The van der Waals surface area contributed by atoms with Crippen LogP contribution >= 0.6 is 0 Å². The van der Waals surface area contributed by atoms with Crippen LogP contribution in [0.4, 0.5) is 0 Å². The number of nitriles is 1. The fourth-order valence-corrected chi connectivity index (χ4v) is 0.954. The monoisotopic (exact) mass is 177 g/mol. The molecule has 0 saturated carbocycles. The van der Waals surface area contributed by atoms with E-state index in [1.807, 2.05) is 6.07 Å². The maximum Gasteiger partial charge on any atom is 0.488 e. The summed E-state index contributed by atoms with van der Waals surface area (Å²) in [4.78, 5) is 0. The minimum atomic E-state index is -1.58. The van der Waals surface area contributed by atoms with Crippen LogP contribution in [0.1, 0.15) is 5.56 Å². The fourth-order valence-electron chi connectivity index (χ4n) is 0.954. The first-order chi connectivity index (χ1) is 6.17. The molecule has 0 radical (unpaired) electrons. The molecule has 0 aliphatic carbocycles. The van der Waals surface area contributed by atoms with Gasteiger partial charge in [-0.2, -0.15) is 5.26 Å². The molecule has 1 aromatic carbocycles. The third kappa shape index (κ3) is 2.21. The molecule has 1 rings (SSSR count). The Balaban J connectivity index is 3.17. The van der Waals surface area contributed by atoms with Crippen LogP contribution in [0.2, 0.25) is 0 Å². The first-order valence-corrected chi connectivity index (χ1v) is 3.62. The average molecular weight is 177 g/mol. The van der Waals surface area contributed by atoms with Crippen molar-refractivity contribution >= 4 is 12.6 Å². The van der Waals surface area contributed by atoms with Gasteiger partial charge in [-0.15, -0.1) is 0 Å². The molecule has 0 saturated heterocycles. The molecule has 0 atom stereocenters. The largest absolute Gasteiger partial charge is 0.497 e. The van der Waals surface area contributed by atoms with Crippen molar-refractivity contribution in [3.05, 3.63) is 23.8 Å². The Morgan fingerprint density at radius 2 is 2.08 bits per heavy atom.